The van der Waals surface area contributed by atoms with Gasteiger partial charge in [-0.2, -0.15) is 0 Å². The van der Waals surface area contributed by atoms with Gasteiger partial charge in [-0.25, -0.2) is 21.6 Å². The van der Waals surface area contributed by atoms with Crippen LogP contribution in [0.3, 0.4) is 0 Å². The summed E-state index contributed by atoms with van der Waals surface area (Å²) in [5.41, 5.74) is 0.503. The second-order valence-corrected chi connectivity index (χ2v) is 8.65. The van der Waals surface area contributed by atoms with E-state index >= 15 is 0 Å². The number of aryl methyl sites for hydroxylation is 1. The molecule has 1 aromatic carbocycles. The number of nitrogens with one attached hydrogen (secondary N) is 1. The van der Waals surface area contributed by atoms with Gasteiger partial charge in [-0.3, -0.25) is 0 Å². The zero-order valence-corrected chi connectivity index (χ0v) is 14.1. The van der Waals surface area contributed by atoms with Crippen LogP contribution in [-0.4, -0.2) is 29.1 Å². The van der Waals surface area contributed by atoms with Gasteiger partial charge in [-0.15, -0.1) is 6.58 Å². The summed E-state index contributed by atoms with van der Waals surface area (Å²) in [5, 5.41) is 0. The maximum absolute atomic E-state index is 12.4. The zero-order chi connectivity index (χ0) is 16.3. The summed E-state index contributed by atoms with van der Waals surface area (Å²) in [5.74, 6) is 0. The lowest BCUT2D eigenvalue weighted by Gasteiger charge is -2.17. The molecule has 1 N–H and O–H groups in total. The van der Waals surface area contributed by atoms with Gasteiger partial charge in [0.1, 0.15) is 0 Å². The molecule has 0 fully saturated rings. The van der Waals surface area contributed by atoms with Crippen LogP contribution in [0.25, 0.3) is 0 Å². The van der Waals surface area contributed by atoms with Crippen LogP contribution in [0.1, 0.15) is 25.3 Å². The third kappa shape index (κ3) is 4.66. The number of sulfonamides is 1. The van der Waals surface area contributed by atoms with E-state index in [0.29, 0.717) is 18.4 Å². The predicted molar refractivity (Wildman–Crippen MR) is 83.5 cm³/mol. The number of sulfone groups is 1. The molecule has 118 valence electrons. The van der Waals surface area contributed by atoms with Crippen molar-refractivity contribution in [2.45, 2.75) is 42.5 Å². The lowest BCUT2D eigenvalue weighted by atomic mass is 10.2. The molecule has 0 aliphatic heterocycles. The highest BCUT2D eigenvalue weighted by atomic mass is 32.2. The molecule has 1 aromatic rings. The summed E-state index contributed by atoms with van der Waals surface area (Å²) < 4.78 is 50.6. The average molecular weight is 331 g/mol. The van der Waals surface area contributed by atoms with E-state index in [1.54, 1.807) is 13.0 Å². The lowest BCUT2D eigenvalue weighted by Crippen LogP contribution is -2.34. The summed E-state index contributed by atoms with van der Waals surface area (Å²) in [6.07, 6.45) is 3.83. The molecular weight excluding hydrogens is 310 g/mol. The van der Waals surface area contributed by atoms with Gasteiger partial charge in [0.2, 0.25) is 10.0 Å². The van der Waals surface area contributed by atoms with Crippen molar-refractivity contribution in [3.8, 4) is 0 Å². The summed E-state index contributed by atoms with van der Waals surface area (Å²) in [6.45, 7) is 7.11. The summed E-state index contributed by atoms with van der Waals surface area (Å²) in [7, 11) is -7.22. The normalized spacial score (nSPS) is 13.9. The Morgan fingerprint density at radius 2 is 1.90 bits per heavy atom. The van der Waals surface area contributed by atoms with Crippen molar-refractivity contribution >= 4 is 19.9 Å². The minimum atomic E-state index is -3.77. The van der Waals surface area contributed by atoms with Crippen LogP contribution in [-0.2, 0) is 19.9 Å². The molecule has 0 saturated heterocycles. The monoisotopic (exact) mass is 331 g/mol. The van der Waals surface area contributed by atoms with Crippen LogP contribution in [0.4, 0.5) is 0 Å². The lowest BCUT2D eigenvalue weighted by molar-refractivity contribution is 0.540. The molecule has 1 unspecified atom stereocenters. The summed E-state index contributed by atoms with van der Waals surface area (Å²) in [6, 6.07) is 3.85. The van der Waals surface area contributed by atoms with E-state index in [0.717, 1.165) is 6.26 Å². The van der Waals surface area contributed by atoms with E-state index in [4.69, 9.17) is 0 Å². The van der Waals surface area contributed by atoms with Crippen molar-refractivity contribution < 1.29 is 16.8 Å². The van der Waals surface area contributed by atoms with Gasteiger partial charge in [0.25, 0.3) is 0 Å². The Morgan fingerprint density at radius 3 is 2.38 bits per heavy atom. The van der Waals surface area contributed by atoms with Crippen molar-refractivity contribution in [2.24, 2.45) is 0 Å². The Kier molecular flexibility index (Phi) is 5.72. The van der Waals surface area contributed by atoms with Gasteiger partial charge >= 0.3 is 0 Å². The van der Waals surface area contributed by atoms with Gasteiger partial charge in [0.05, 0.1) is 9.79 Å². The molecule has 0 aliphatic rings. The third-order valence-electron chi connectivity index (χ3n) is 3.14. The van der Waals surface area contributed by atoms with Crippen molar-refractivity contribution in [1.82, 2.24) is 4.72 Å². The minimum Gasteiger partial charge on any atom is -0.224 e. The number of benzene rings is 1. The van der Waals surface area contributed by atoms with Gasteiger partial charge < -0.3 is 0 Å². The fraction of sp³-hybridized carbons (Fsp3) is 0.429. The number of rotatable bonds is 7. The van der Waals surface area contributed by atoms with E-state index in [1.165, 1.54) is 18.2 Å². The molecule has 21 heavy (non-hydrogen) atoms. The quantitative estimate of drug-likeness (QED) is 0.775. The number of hydrogen-bond donors (Lipinski definition) is 1. The second kappa shape index (κ2) is 6.72. The molecule has 0 radical (unpaired) electrons. The summed E-state index contributed by atoms with van der Waals surface area (Å²) >= 11 is 0. The zero-order valence-electron chi connectivity index (χ0n) is 12.5. The number of hydrogen-bond acceptors (Lipinski definition) is 4. The van der Waals surface area contributed by atoms with Crippen LogP contribution >= 0.6 is 0 Å². The van der Waals surface area contributed by atoms with Crippen molar-refractivity contribution in [2.75, 3.05) is 6.26 Å². The first-order valence-corrected chi connectivity index (χ1v) is 9.93. The van der Waals surface area contributed by atoms with E-state index in [2.05, 4.69) is 11.3 Å². The first-order chi connectivity index (χ1) is 9.61. The fourth-order valence-corrected chi connectivity index (χ4v) is 4.21. The smallest absolute Gasteiger partial charge is 0.224 e. The molecular formula is C14H21NO4S2. The van der Waals surface area contributed by atoms with Gasteiger partial charge in [-0.1, -0.05) is 19.1 Å². The highest BCUT2D eigenvalue weighted by molar-refractivity contribution is 7.91. The predicted octanol–water partition coefficient (Wildman–Crippen LogP) is 2.03. The van der Waals surface area contributed by atoms with E-state index < -0.39 is 19.9 Å². The Morgan fingerprint density at radius 1 is 1.29 bits per heavy atom. The van der Waals surface area contributed by atoms with Crippen molar-refractivity contribution in [1.29, 1.82) is 0 Å². The summed E-state index contributed by atoms with van der Waals surface area (Å²) in [4.78, 5) is -0.0156. The minimum absolute atomic E-state index is 0.00654. The van der Waals surface area contributed by atoms with Crippen molar-refractivity contribution in [3.05, 3.63) is 36.4 Å². The molecule has 0 amide bonds. The first-order valence-electron chi connectivity index (χ1n) is 6.55. The van der Waals surface area contributed by atoms with E-state index in [1.807, 2.05) is 6.92 Å². The van der Waals surface area contributed by atoms with Crippen LogP contribution in [0.2, 0.25) is 0 Å². The van der Waals surface area contributed by atoms with Gasteiger partial charge in [0.15, 0.2) is 9.84 Å². The second-order valence-electron chi connectivity index (χ2n) is 4.95. The van der Waals surface area contributed by atoms with E-state index in [9.17, 15) is 16.8 Å². The fourth-order valence-electron chi connectivity index (χ4n) is 1.88. The maximum Gasteiger partial charge on any atom is 0.241 e. The topological polar surface area (TPSA) is 80.3 Å². The molecule has 1 rings (SSSR count). The Hall–Kier alpha value is -1.18. The Balaban J connectivity index is 3.28. The molecule has 0 aliphatic carbocycles. The van der Waals surface area contributed by atoms with E-state index in [-0.39, 0.29) is 15.8 Å². The van der Waals surface area contributed by atoms with Gasteiger partial charge in [-0.05, 0) is 37.5 Å². The van der Waals surface area contributed by atoms with Crippen LogP contribution in [0.15, 0.2) is 40.6 Å². The van der Waals surface area contributed by atoms with Gasteiger partial charge in [0, 0.05) is 12.3 Å². The van der Waals surface area contributed by atoms with Crippen LogP contribution in [0.5, 0.6) is 0 Å². The molecule has 0 saturated carbocycles. The SMILES string of the molecule is C=CCC(CC)NS(=O)(=O)c1cc(S(C)(=O)=O)ccc1C. The highest BCUT2D eigenvalue weighted by Gasteiger charge is 2.22. The standard InChI is InChI=1S/C14H21NO4S2/c1-5-7-12(6-2)15-21(18,19)14-10-13(20(4,16)17)9-8-11(14)3/h5,8-10,12,15H,1,6-7H2,2-4H3. The molecule has 1 atom stereocenters. The first kappa shape index (κ1) is 17.9. The molecule has 5 nitrogen and oxygen atoms in total. The van der Waals surface area contributed by atoms with Crippen LogP contribution in [0, 0.1) is 6.92 Å². The highest BCUT2D eigenvalue weighted by Crippen LogP contribution is 2.21. The molecule has 0 bridgehead atoms. The maximum atomic E-state index is 12.4. The van der Waals surface area contributed by atoms with Crippen LogP contribution < -0.4 is 4.72 Å². The average Bonchev–Trinajstić information content (AvgIpc) is 2.36. The Bertz CT molecular complexity index is 721. The largest absolute Gasteiger partial charge is 0.241 e. The molecule has 0 heterocycles. The Labute approximate surface area is 127 Å². The molecule has 7 heteroatoms. The third-order valence-corrected chi connectivity index (χ3v) is 5.92. The molecule has 0 spiro atoms. The van der Waals surface area contributed by atoms with Crippen molar-refractivity contribution in [3.63, 3.8) is 0 Å². The molecule has 0 aromatic heterocycles.